The second-order valence-corrected chi connectivity index (χ2v) is 5.34. The predicted molar refractivity (Wildman–Crippen MR) is 87.6 cm³/mol. The van der Waals surface area contributed by atoms with Crippen LogP contribution in [0.25, 0.3) is 33.7 Å². The molecule has 0 unspecified atom stereocenters. The zero-order valence-electron chi connectivity index (χ0n) is 11.5. The first kappa shape index (κ1) is 13.0. The average Bonchev–Trinajstić information content (AvgIpc) is 2.99. The van der Waals surface area contributed by atoms with Crippen LogP contribution < -0.4 is 0 Å². The van der Waals surface area contributed by atoms with Crippen LogP contribution in [0.2, 0.25) is 5.02 Å². The molecule has 0 bridgehead atoms. The summed E-state index contributed by atoms with van der Waals surface area (Å²) in [6.45, 7) is 0. The maximum absolute atomic E-state index is 5.93. The van der Waals surface area contributed by atoms with Crippen molar-refractivity contribution < 1.29 is 0 Å². The number of aromatic nitrogens is 4. The number of benzene rings is 2. The van der Waals surface area contributed by atoms with Crippen molar-refractivity contribution in [2.75, 3.05) is 0 Å². The number of nitrogens with one attached hydrogen (secondary N) is 1. The van der Waals surface area contributed by atoms with Crippen molar-refractivity contribution in [3.8, 4) is 22.5 Å². The molecule has 2 heterocycles. The maximum Gasteiger partial charge on any atom is 0.200 e. The van der Waals surface area contributed by atoms with E-state index in [9.17, 15) is 0 Å². The molecule has 106 valence electrons. The summed E-state index contributed by atoms with van der Waals surface area (Å²) in [4.78, 5) is 9.10. The Bertz CT molecular complexity index is 930. The highest BCUT2D eigenvalue weighted by atomic mass is 35.5. The first-order valence-electron chi connectivity index (χ1n) is 6.84. The summed E-state index contributed by atoms with van der Waals surface area (Å²) >= 11 is 5.93. The summed E-state index contributed by atoms with van der Waals surface area (Å²) in [6, 6.07) is 17.5. The number of fused-ring (bicyclic) bond motifs is 1. The Kier molecular flexibility index (Phi) is 3.09. The quantitative estimate of drug-likeness (QED) is 0.599. The molecule has 0 saturated carbocycles. The van der Waals surface area contributed by atoms with Crippen molar-refractivity contribution in [2.45, 2.75) is 0 Å². The molecule has 0 atom stereocenters. The first-order valence-corrected chi connectivity index (χ1v) is 7.21. The van der Waals surface area contributed by atoms with Gasteiger partial charge in [0.25, 0.3) is 0 Å². The van der Waals surface area contributed by atoms with Crippen LogP contribution in [-0.2, 0) is 0 Å². The zero-order chi connectivity index (χ0) is 14.9. The lowest BCUT2D eigenvalue weighted by Crippen LogP contribution is -1.88. The third-order valence-corrected chi connectivity index (χ3v) is 3.72. The molecule has 2 aromatic heterocycles. The summed E-state index contributed by atoms with van der Waals surface area (Å²) in [5.41, 5.74) is 5.04. The highest BCUT2D eigenvalue weighted by molar-refractivity contribution is 6.30. The maximum atomic E-state index is 5.93. The van der Waals surface area contributed by atoms with E-state index in [2.05, 4.69) is 15.2 Å². The molecular weight excluding hydrogens is 296 g/mol. The van der Waals surface area contributed by atoms with Gasteiger partial charge in [-0.25, -0.2) is 9.97 Å². The van der Waals surface area contributed by atoms with E-state index in [4.69, 9.17) is 16.6 Å². The Hall–Kier alpha value is -2.72. The van der Waals surface area contributed by atoms with Gasteiger partial charge in [-0.15, -0.1) is 0 Å². The fourth-order valence-corrected chi connectivity index (χ4v) is 2.49. The molecule has 4 rings (SSSR count). The smallest absolute Gasteiger partial charge is 0.200 e. The van der Waals surface area contributed by atoms with Crippen LogP contribution in [0.15, 0.2) is 60.8 Å². The SMILES string of the molecule is Clc1ccc(-c2cnc3n[nH]c(-c4ccccc4)c3n2)cc1. The fraction of sp³-hybridized carbons (Fsp3) is 0. The zero-order valence-corrected chi connectivity index (χ0v) is 12.2. The topological polar surface area (TPSA) is 54.5 Å². The van der Waals surface area contributed by atoms with Crippen molar-refractivity contribution in [1.82, 2.24) is 20.2 Å². The van der Waals surface area contributed by atoms with Crippen LogP contribution in [0, 0.1) is 0 Å². The standard InChI is InChI=1S/C17H11ClN4/c18-13-8-6-11(7-9-13)14-10-19-17-16(20-14)15(21-22-17)12-4-2-1-3-5-12/h1-10H,(H,19,21,22). The monoisotopic (exact) mass is 306 g/mol. The van der Waals surface area contributed by atoms with Crippen LogP contribution in [0.1, 0.15) is 0 Å². The number of aromatic amines is 1. The first-order chi connectivity index (χ1) is 10.8. The molecular formula is C17H11ClN4. The van der Waals surface area contributed by atoms with E-state index >= 15 is 0 Å². The molecule has 5 heteroatoms. The van der Waals surface area contributed by atoms with Crippen molar-refractivity contribution in [2.24, 2.45) is 0 Å². The minimum absolute atomic E-state index is 0.608. The largest absolute Gasteiger partial charge is 0.273 e. The number of halogens is 1. The lowest BCUT2D eigenvalue weighted by molar-refractivity contribution is 1.10. The number of hydrogen-bond acceptors (Lipinski definition) is 3. The summed E-state index contributed by atoms with van der Waals surface area (Å²) in [6.07, 6.45) is 1.72. The molecule has 0 fully saturated rings. The minimum atomic E-state index is 0.608. The third-order valence-electron chi connectivity index (χ3n) is 3.47. The van der Waals surface area contributed by atoms with Gasteiger partial charge in [-0.2, -0.15) is 5.10 Å². The normalized spacial score (nSPS) is 11.0. The van der Waals surface area contributed by atoms with Crippen molar-refractivity contribution >= 4 is 22.8 Å². The highest BCUT2D eigenvalue weighted by Gasteiger charge is 2.11. The second-order valence-electron chi connectivity index (χ2n) is 4.90. The third kappa shape index (κ3) is 2.23. The Balaban J connectivity index is 1.88. The van der Waals surface area contributed by atoms with Crippen LogP contribution in [-0.4, -0.2) is 20.2 Å². The number of hydrogen-bond donors (Lipinski definition) is 1. The summed E-state index contributed by atoms with van der Waals surface area (Å²) in [5, 5.41) is 7.95. The van der Waals surface area contributed by atoms with Crippen LogP contribution in [0.5, 0.6) is 0 Å². The fourth-order valence-electron chi connectivity index (χ4n) is 2.36. The highest BCUT2D eigenvalue weighted by Crippen LogP contribution is 2.26. The number of H-pyrrole nitrogens is 1. The molecule has 0 aliphatic carbocycles. The van der Waals surface area contributed by atoms with Gasteiger partial charge in [-0.05, 0) is 12.1 Å². The van der Waals surface area contributed by atoms with Gasteiger partial charge in [-0.1, -0.05) is 54.1 Å². The molecule has 0 aliphatic heterocycles. The molecule has 1 N–H and O–H groups in total. The Morgan fingerprint density at radius 3 is 2.41 bits per heavy atom. The molecule has 0 aliphatic rings. The van der Waals surface area contributed by atoms with E-state index in [1.165, 1.54) is 0 Å². The van der Waals surface area contributed by atoms with Gasteiger partial charge in [0.2, 0.25) is 0 Å². The van der Waals surface area contributed by atoms with Gasteiger partial charge >= 0.3 is 0 Å². The van der Waals surface area contributed by atoms with Gasteiger partial charge in [0.05, 0.1) is 17.6 Å². The molecule has 22 heavy (non-hydrogen) atoms. The molecule has 0 amide bonds. The van der Waals surface area contributed by atoms with E-state index in [0.717, 1.165) is 28.0 Å². The summed E-state index contributed by atoms with van der Waals surface area (Å²) < 4.78 is 0. The van der Waals surface area contributed by atoms with E-state index in [1.807, 2.05) is 54.6 Å². The van der Waals surface area contributed by atoms with Crippen molar-refractivity contribution in [3.05, 3.63) is 65.8 Å². The number of nitrogens with zero attached hydrogens (tertiary/aromatic N) is 3. The van der Waals surface area contributed by atoms with Crippen LogP contribution >= 0.6 is 11.6 Å². The van der Waals surface area contributed by atoms with Gasteiger partial charge in [0, 0.05) is 16.1 Å². The summed E-state index contributed by atoms with van der Waals surface area (Å²) in [5.74, 6) is 0. The lowest BCUT2D eigenvalue weighted by atomic mass is 10.1. The van der Waals surface area contributed by atoms with E-state index in [1.54, 1.807) is 6.20 Å². The Morgan fingerprint density at radius 2 is 1.64 bits per heavy atom. The predicted octanol–water partition coefficient (Wildman–Crippen LogP) is 4.34. The molecule has 4 nitrogen and oxygen atoms in total. The molecule has 0 spiro atoms. The van der Waals surface area contributed by atoms with E-state index in [-0.39, 0.29) is 0 Å². The average molecular weight is 307 g/mol. The Labute approximate surface area is 131 Å². The van der Waals surface area contributed by atoms with E-state index in [0.29, 0.717) is 10.7 Å². The molecule has 0 saturated heterocycles. The summed E-state index contributed by atoms with van der Waals surface area (Å²) in [7, 11) is 0. The van der Waals surface area contributed by atoms with Gasteiger partial charge in [0.1, 0.15) is 5.52 Å². The molecule has 0 radical (unpaired) electrons. The lowest BCUT2D eigenvalue weighted by Gasteiger charge is -2.02. The number of rotatable bonds is 2. The van der Waals surface area contributed by atoms with Gasteiger partial charge in [-0.3, -0.25) is 5.10 Å². The van der Waals surface area contributed by atoms with Gasteiger partial charge < -0.3 is 0 Å². The van der Waals surface area contributed by atoms with E-state index < -0.39 is 0 Å². The minimum Gasteiger partial charge on any atom is -0.273 e. The molecule has 2 aromatic carbocycles. The van der Waals surface area contributed by atoms with Crippen molar-refractivity contribution in [1.29, 1.82) is 0 Å². The van der Waals surface area contributed by atoms with Crippen LogP contribution in [0.4, 0.5) is 0 Å². The molecule has 4 aromatic rings. The van der Waals surface area contributed by atoms with Gasteiger partial charge in [0.15, 0.2) is 5.65 Å². The second kappa shape index (κ2) is 5.24. The van der Waals surface area contributed by atoms with Crippen molar-refractivity contribution in [3.63, 3.8) is 0 Å². The van der Waals surface area contributed by atoms with Crippen LogP contribution in [0.3, 0.4) is 0 Å². The Morgan fingerprint density at radius 1 is 0.864 bits per heavy atom.